The van der Waals surface area contributed by atoms with Crippen molar-refractivity contribution in [1.29, 1.82) is 0 Å². The van der Waals surface area contributed by atoms with E-state index >= 15 is 0 Å². The van der Waals surface area contributed by atoms with Crippen molar-refractivity contribution in [2.24, 2.45) is 0 Å². The summed E-state index contributed by atoms with van der Waals surface area (Å²) in [5.41, 5.74) is 1.47. The first-order valence-electron chi connectivity index (χ1n) is 18.0. The maximum Gasteiger partial charge on any atom is 0.256 e. The molecule has 0 saturated carbocycles. The standard InChI is InChI=1S/C38H67N2/c1-3-5-7-9-10-11-12-13-14-15-16-17-18-19-20-21-26-32-38-39(33-27-22-8-6-4-2)35-36-40(38)34-28-31-37-29-24-23-25-30-37/h23-25,29-30,35-36H,3-22,26-28,31-34H2,1-2H3/q+1. The summed E-state index contributed by atoms with van der Waals surface area (Å²) in [4.78, 5) is 0. The van der Waals surface area contributed by atoms with Gasteiger partial charge in [-0.15, -0.1) is 0 Å². The second-order valence-corrected chi connectivity index (χ2v) is 12.5. The molecule has 0 radical (unpaired) electrons. The van der Waals surface area contributed by atoms with Crippen molar-refractivity contribution in [2.45, 2.75) is 187 Å². The average Bonchev–Trinajstić information content (AvgIpc) is 3.36. The maximum atomic E-state index is 2.58. The van der Waals surface area contributed by atoms with Gasteiger partial charge in [0, 0.05) is 6.42 Å². The number of nitrogens with zero attached hydrogens (tertiary/aromatic N) is 2. The number of benzene rings is 1. The first-order valence-corrected chi connectivity index (χ1v) is 18.0. The Morgan fingerprint density at radius 2 is 0.975 bits per heavy atom. The number of aryl methyl sites for hydroxylation is 3. The van der Waals surface area contributed by atoms with Crippen molar-refractivity contribution in [3.63, 3.8) is 0 Å². The largest absolute Gasteiger partial charge is 0.256 e. The van der Waals surface area contributed by atoms with Gasteiger partial charge in [-0.25, -0.2) is 9.13 Å². The molecule has 0 aliphatic heterocycles. The van der Waals surface area contributed by atoms with E-state index in [4.69, 9.17) is 0 Å². The van der Waals surface area contributed by atoms with E-state index in [1.807, 2.05) is 0 Å². The van der Waals surface area contributed by atoms with E-state index in [9.17, 15) is 0 Å². The molecule has 40 heavy (non-hydrogen) atoms. The van der Waals surface area contributed by atoms with Crippen molar-refractivity contribution in [2.75, 3.05) is 0 Å². The van der Waals surface area contributed by atoms with Crippen LogP contribution in [0.25, 0.3) is 0 Å². The minimum atomic E-state index is 1.14. The Morgan fingerprint density at radius 1 is 0.500 bits per heavy atom. The molecular weight excluding hydrogens is 484 g/mol. The second-order valence-electron chi connectivity index (χ2n) is 12.5. The normalized spacial score (nSPS) is 11.4. The van der Waals surface area contributed by atoms with Crippen LogP contribution in [-0.4, -0.2) is 4.57 Å². The minimum absolute atomic E-state index is 1.14. The quantitative estimate of drug-likeness (QED) is 0.0734. The molecule has 228 valence electrons. The predicted octanol–water partition coefficient (Wildman–Crippen LogP) is 11.6. The van der Waals surface area contributed by atoms with Gasteiger partial charge in [0.25, 0.3) is 5.82 Å². The highest BCUT2D eigenvalue weighted by Gasteiger charge is 2.16. The third-order valence-corrected chi connectivity index (χ3v) is 8.80. The molecule has 1 aromatic heterocycles. The van der Waals surface area contributed by atoms with Crippen molar-refractivity contribution >= 4 is 0 Å². The van der Waals surface area contributed by atoms with E-state index in [2.05, 4.69) is 65.7 Å². The molecule has 2 nitrogen and oxygen atoms in total. The number of hydrogen-bond acceptors (Lipinski definition) is 0. The summed E-state index contributed by atoms with van der Waals surface area (Å²) < 4.78 is 5.16. The number of hydrogen-bond donors (Lipinski definition) is 0. The molecule has 0 spiro atoms. The first-order chi connectivity index (χ1) is 19.8. The molecule has 0 saturated heterocycles. The van der Waals surface area contributed by atoms with Crippen LogP contribution < -0.4 is 4.57 Å². The fourth-order valence-corrected chi connectivity index (χ4v) is 6.18. The summed E-state index contributed by atoms with van der Waals surface area (Å²) in [6, 6.07) is 11.0. The van der Waals surface area contributed by atoms with Crippen LogP contribution in [0, 0.1) is 0 Å². The van der Waals surface area contributed by atoms with Crippen molar-refractivity contribution in [1.82, 2.24) is 4.57 Å². The summed E-state index contributed by atoms with van der Waals surface area (Å²) >= 11 is 0. The van der Waals surface area contributed by atoms with Gasteiger partial charge in [-0.2, -0.15) is 0 Å². The maximum absolute atomic E-state index is 2.58. The molecule has 0 atom stereocenters. The third-order valence-electron chi connectivity index (χ3n) is 8.80. The highest BCUT2D eigenvalue weighted by molar-refractivity contribution is 5.14. The van der Waals surface area contributed by atoms with E-state index in [-0.39, 0.29) is 0 Å². The van der Waals surface area contributed by atoms with Crippen LogP contribution in [0.5, 0.6) is 0 Å². The van der Waals surface area contributed by atoms with Crippen LogP contribution >= 0.6 is 0 Å². The first kappa shape index (κ1) is 34.6. The van der Waals surface area contributed by atoms with E-state index in [1.54, 1.807) is 5.82 Å². The Balaban J connectivity index is 1.56. The topological polar surface area (TPSA) is 8.81 Å². The summed E-state index contributed by atoms with van der Waals surface area (Å²) in [7, 11) is 0. The molecule has 2 aromatic rings. The van der Waals surface area contributed by atoms with Gasteiger partial charge in [-0.05, 0) is 37.7 Å². The van der Waals surface area contributed by atoms with Gasteiger partial charge in [-0.3, -0.25) is 0 Å². The molecule has 1 aromatic carbocycles. The Bertz CT molecular complexity index is 793. The van der Waals surface area contributed by atoms with E-state index < -0.39 is 0 Å². The smallest absolute Gasteiger partial charge is 0.234 e. The van der Waals surface area contributed by atoms with Crippen LogP contribution in [0.3, 0.4) is 0 Å². The average molecular weight is 552 g/mol. The fraction of sp³-hybridized carbons (Fsp3) is 0.763. The summed E-state index contributed by atoms with van der Waals surface area (Å²) in [6.07, 6.45) is 39.7. The molecule has 0 fully saturated rings. The summed E-state index contributed by atoms with van der Waals surface area (Å²) in [6.45, 7) is 6.96. The summed E-state index contributed by atoms with van der Waals surface area (Å²) in [5, 5.41) is 0. The molecular formula is C38H67N2+. The zero-order valence-electron chi connectivity index (χ0n) is 27.0. The molecule has 0 amide bonds. The SMILES string of the molecule is CCCCCCCCCCCCCCCCCCCc1n(CCCCCCC)cc[n+]1CCCc1ccccc1. The van der Waals surface area contributed by atoms with Crippen LogP contribution in [0.15, 0.2) is 42.7 Å². The monoisotopic (exact) mass is 552 g/mol. The van der Waals surface area contributed by atoms with Gasteiger partial charge in [0.1, 0.15) is 12.4 Å². The van der Waals surface area contributed by atoms with Crippen LogP contribution in [-0.2, 0) is 25.9 Å². The molecule has 2 rings (SSSR count). The van der Waals surface area contributed by atoms with Crippen molar-refractivity contribution in [3.8, 4) is 0 Å². The van der Waals surface area contributed by atoms with Gasteiger partial charge in [0.05, 0.1) is 13.1 Å². The Hall–Kier alpha value is -1.57. The Kier molecular flexibility index (Phi) is 21.8. The lowest BCUT2D eigenvalue weighted by Crippen LogP contribution is -2.37. The number of unbranched alkanes of at least 4 members (excludes halogenated alkanes) is 20. The third kappa shape index (κ3) is 17.3. The molecule has 1 heterocycles. The molecule has 0 N–H and O–H groups in total. The van der Waals surface area contributed by atoms with Gasteiger partial charge in [-0.1, -0.05) is 166 Å². The van der Waals surface area contributed by atoms with E-state index in [1.165, 1.54) is 173 Å². The highest BCUT2D eigenvalue weighted by atomic mass is 15.1. The van der Waals surface area contributed by atoms with Gasteiger partial charge >= 0.3 is 0 Å². The van der Waals surface area contributed by atoms with E-state index in [0.717, 1.165) is 6.54 Å². The van der Waals surface area contributed by atoms with Crippen LogP contribution in [0.2, 0.25) is 0 Å². The molecule has 0 aliphatic carbocycles. The lowest BCUT2D eigenvalue weighted by Gasteiger charge is -2.07. The Labute approximate surface area is 250 Å². The summed E-state index contributed by atoms with van der Waals surface area (Å²) in [5.74, 6) is 1.57. The van der Waals surface area contributed by atoms with Crippen LogP contribution in [0.4, 0.5) is 0 Å². The van der Waals surface area contributed by atoms with Gasteiger partial charge in [0.2, 0.25) is 0 Å². The Morgan fingerprint density at radius 3 is 1.50 bits per heavy atom. The molecule has 0 bridgehead atoms. The molecule has 0 unspecified atom stereocenters. The number of rotatable bonds is 28. The minimum Gasteiger partial charge on any atom is -0.234 e. The molecule has 2 heteroatoms. The highest BCUT2D eigenvalue weighted by Crippen LogP contribution is 2.15. The lowest BCUT2D eigenvalue weighted by molar-refractivity contribution is -0.704. The predicted molar refractivity (Wildman–Crippen MR) is 176 cm³/mol. The van der Waals surface area contributed by atoms with Gasteiger partial charge < -0.3 is 0 Å². The van der Waals surface area contributed by atoms with Crippen molar-refractivity contribution < 1.29 is 4.57 Å². The number of imidazole rings is 1. The molecule has 0 aliphatic rings. The second kappa shape index (κ2) is 25.2. The van der Waals surface area contributed by atoms with Crippen LogP contribution in [0.1, 0.15) is 173 Å². The fourth-order valence-electron chi connectivity index (χ4n) is 6.18. The van der Waals surface area contributed by atoms with Gasteiger partial charge in [0.15, 0.2) is 0 Å². The van der Waals surface area contributed by atoms with Crippen molar-refractivity contribution in [3.05, 3.63) is 54.1 Å². The number of aromatic nitrogens is 2. The zero-order valence-corrected chi connectivity index (χ0v) is 27.0. The zero-order chi connectivity index (χ0) is 28.4. The van der Waals surface area contributed by atoms with E-state index in [0.29, 0.717) is 0 Å². The lowest BCUT2D eigenvalue weighted by atomic mass is 10.0.